The molecule has 2 heteroatoms. The highest BCUT2D eigenvalue weighted by Gasteiger charge is 2.62. The monoisotopic (exact) mass is 312 g/mol. The average Bonchev–Trinajstić information content (AvgIpc) is 2.79. The summed E-state index contributed by atoms with van der Waals surface area (Å²) in [5.74, 6) is 5.60. The van der Waals surface area contributed by atoms with Crippen molar-refractivity contribution < 1.29 is 9.90 Å². The van der Waals surface area contributed by atoms with Gasteiger partial charge >= 0.3 is 0 Å². The van der Waals surface area contributed by atoms with Crippen LogP contribution in [0.5, 0.6) is 0 Å². The molecule has 1 unspecified atom stereocenters. The molecule has 0 radical (unpaired) electrons. The SMILES string of the molecule is C#C[C@]1(O)CC[C@H]2[C@@H]3C(C)CC4=C(CCC(=O)C4)[C@H]3CC[C@@]21C. The fraction of sp³-hybridized carbons (Fsp3) is 0.762. The second kappa shape index (κ2) is 4.96. The second-order valence-electron chi connectivity index (χ2n) is 8.82. The van der Waals surface area contributed by atoms with E-state index in [4.69, 9.17) is 6.42 Å². The maximum Gasteiger partial charge on any atom is 0.137 e. The van der Waals surface area contributed by atoms with Gasteiger partial charge in [0.2, 0.25) is 0 Å². The van der Waals surface area contributed by atoms with Crippen LogP contribution in [-0.2, 0) is 4.79 Å². The predicted molar refractivity (Wildman–Crippen MR) is 90.5 cm³/mol. The highest BCUT2D eigenvalue weighted by atomic mass is 16.3. The normalized spacial score (nSPS) is 49.2. The molecule has 124 valence electrons. The van der Waals surface area contributed by atoms with Crippen LogP contribution in [0.4, 0.5) is 0 Å². The molecule has 0 aliphatic heterocycles. The molecule has 23 heavy (non-hydrogen) atoms. The summed E-state index contributed by atoms with van der Waals surface area (Å²) in [7, 11) is 0. The molecule has 0 bridgehead atoms. The van der Waals surface area contributed by atoms with E-state index in [9.17, 15) is 9.90 Å². The smallest absolute Gasteiger partial charge is 0.137 e. The number of ketones is 1. The van der Waals surface area contributed by atoms with E-state index < -0.39 is 5.60 Å². The molecular formula is C21H28O2. The number of rotatable bonds is 0. The molecule has 4 aliphatic carbocycles. The fourth-order valence-corrected chi connectivity index (χ4v) is 6.72. The van der Waals surface area contributed by atoms with E-state index in [0.29, 0.717) is 35.9 Å². The van der Waals surface area contributed by atoms with Gasteiger partial charge in [0.15, 0.2) is 0 Å². The van der Waals surface area contributed by atoms with Gasteiger partial charge in [0.1, 0.15) is 11.4 Å². The number of carbonyl (C=O) groups is 1. The minimum atomic E-state index is -0.917. The number of terminal acetylenes is 1. The van der Waals surface area contributed by atoms with Crippen molar-refractivity contribution in [2.75, 3.05) is 0 Å². The molecule has 0 aromatic heterocycles. The summed E-state index contributed by atoms with van der Waals surface area (Å²) < 4.78 is 0. The van der Waals surface area contributed by atoms with Crippen molar-refractivity contribution in [2.45, 2.75) is 70.8 Å². The molecule has 1 N–H and O–H groups in total. The molecule has 4 rings (SSSR count). The standard InChI is InChI=1S/C21H28O2/c1-4-21(23)10-8-18-19-13(2)11-14-12-15(22)5-6-16(14)17(19)7-9-20(18,21)3/h1,13,17-19,23H,5-12H2,2-3H3/t13?,17-,18+,19-,20+,21+/m1/s1. The van der Waals surface area contributed by atoms with Crippen molar-refractivity contribution in [3.63, 3.8) is 0 Å². The van der Waals surface area contributed by atoms with Crippen LogP contribution in [0.15, 0.2) is 11.1 Å². The van der Waals surface area contributed by atoms with Crippen LogP contribution in [-0.4, -0.2) is 16.5 Å². The molecule has 0 spiro atoms. The third-order valence-corrected chi connectivity index (χ3v) is 7.93. The number of carbonyl (C=O) groups excluding carboxylic acids is 1. The molecule has 2 saturated carbocycles. The zero-order valence-electron chi connectivity index (χ0n) is 14.4. The van der Waals surface area contributed by atoms with Crippen LogP contribution >= 0.6 is 0 Å². The molecule has 0 aromatic rings. The molecule has 0 amide bonds. The van der Waals surface area contributed by atoms with Crippen molar-refractivity contribution in [2.24, 2.45) is 29.1 Å². The molecule has 0 aromatic carbocycles. The van der Waals surface area contributed by atoms with Crippen molar-refractivity contribution in [3.05, 3.63) is 11.1 Å². The van der Waals surface area contributed by atoms with E-state index >= 15 is 0 Å². The summed E-state index contributed by atoms with van der Waals surface area (Å²) in [5.41, 5.74) is 2.04. The van der Waals surface area contributed by atoms with Gasteiger partial charge < -0.3 is 5.11 Å². The Balaban J connectivity index is 1.72. The van der Waals surface area contributed by atoms with Crippen LogP contribution < -0.4 is 0 Å². The van der Waals surface area contributed by atoms with Crippen LogP contribution in [0.2, 0.25) is 0 Å². The minimum Gasteiger partial charge on any atom is -0.377 e. The molecule has 0 saturated heterocycles. The van der Waals surface area contributed by atoms with Crippen LogP contribution in [0.1, 0.15) is 65.2 Å². The third kappa shape index (κ3) is 1.96. The highest BCUT2D eigenvalue weighted by molar-refractivity contribution is 5.82. The first-order valence-corrected chi connectivity index (χ1v) is 9.32. The first-order chi connectivity index (χ1) is 10.9. The first-order valence-electron chi connectivity index (χ1n) is 9.32. The van der Waals surface area contributed by atoms with Gasteiger partial charge in [-0.2, -0.15) is 0 Å². The van der Waals surface area contributed by atoms with E-state index in [1.807, 2.05) is 0 Å². The van der Waals surface area contributed by atoms with Crippen LogP contribution in [0, 0.1) is 41.4 Å². The molecule has 2 nitrogen and oxygen atoms in total. The second-order valence-corrected chi connectivity index (χ2v) is 8.82. The summed E-state index contributed by atoms with van der Waals surface area (Å²) in [5, 5.41) is 11.0. The zero-order valence-corrected chi connectivity index (χ0v) is 14.4. The Morgan fingerprint density at radius 3 is 2.78 bits per heavy atom. The molecule has 6 atom stereocenters. The van der Waals surface area contributed by atoms with E-state index in [-0.39, 0.29) is 5.41 Å². The predicted octanol–water partition coefficient (Wildman–Crippen LogP) is 3.88. The lowest BCUT2D eigenvalue weighted by atomic mass is 9.50. The topological polar surface area (TPSA) is 37.3 Å². The van der Waals surface area contributed by atoms with Gasteiger partial charge in [-0.25, -0.2) is 0 Å². The Morgan fingerprint density at radius 1 is 1.26 bits per heavy atom. The van der Waals surface area contributed by atoms with E-state index in [1.54, 1.807) is 5.57 Å². The van der Waals surface area contributed by atoms with Gasteiger partial charge in [0.05, 0.1) is 0 Å². The quantitative estimate of drug-likeness (QED) is 0.544. The maximum absolute atomic E-state index is 11.9. The summed E-state index contributed by atoms with van der Waals surface area (Å²) in [4.78, 5) is 11.9. The lowest BCUT2D eigenvalue weighted by Gasteiger charge is -2.55. The summed E-state index contributed by atoms with van der Waals surface area (Å²) in [6.07, 6.45) is 13.2. The number of allylic oxidation sites excluding steroid dienone is 2. The van der Waals surface area contributed by atoms with Gasteiger partial charge in [0.25, 0.3) is 0 Å². The number of hydrogen-bond acceptors (Lipinski definition) is 2. The van der Waals surface area contributed by atoms with Crippen LogP contribution in [0.25, 0.3) is 0 Å². The molecule has 2 fully saturated rings. The Bertz CT molecular complexity index is 624. The number of Topliss-reactive ketones (excluding diaryl/α,β-unsaturated/α-hetero) is 1. The summed E-state index contributed by atoms with van der Waals surface area (Å²) in [6.45, 7) is 4.60. The molecule has 0 heterocycles. The molecular weight excluding hydrogens is 284 g/mol. The third-order valence-electron chi connectivity index (χ3n) is 7.93. The van der Waals surface area contributed by atoms with Crippen molar-refractivity contribution in [1.82, 2.24) is 0 Å². The Morgan fingerprint density at radius 2 is 2.04 bits per heavy atom. The van der Waals surface area contributed by atoms with Gasteiger partial charge in [-0.3, -0.25) is 4.79 Å². The zero-order chi connectivity index (χ0) is 16.4. The fourth-order valence-electron chi connectivity index (χ4n) is 6.72. The Labute approximate surface area is 139 Å². The highest BCUT2D eigenvalue weighted by Crippen LogP contribution is 2.65. The lowest BCUT2D eigenvalue weighted by Crippen LogP contribution is -2.52. The number of aliphatic hydroxyl groups is 1. The van der Waals surface area contributed by atoms with Gasteiger partial charge in [0, 0.05) is 18.3 Å². The van der Waals surface area contributed by atoms with Crippen molar-refractivity contribution >= 4 is 5.78 Å². The van der Waals surface area contributed by atoms with Gasteiger partial charge in [-0.1, -0.05) is 30.9 Å². The van der Waals surface area contributed by atoms with Crippen molar-refractivity contribution in [1.29, 1.82) is 0 Å². The average molecular weight is 312 g/mol. The van der Waals surface area contributed by atoms with Gasteiger partial charge in [-0.15, -0.1) is 6.42 Å². The Hall–Kier alpha value is -1.07. The lowest BCUT2D eigenvalue weighted by molar-refractivity contribution is -0.119. The first kappa shape index (κ1) is 15.5. The minimum absolute atomic E-state index is 0.125. The van der Waals surface area contributed by atoms with E-state index in [0.717, 1.165) is 44.9 Å². The largest absolute Gasteiger partial charge is 0.377 e. The maximum atomic E-state index is 11.9. The summed E-state index contributed by atoms with van der Waals surface area (Å²) >= 11 is 0. The van der Waals surface area contributed by atoms with Crippen molar-refractivity contribution in [3.8, 4) is 12.3 Å². The Kier molecular flexibility index (Phi) is 3.34. The van der Waals surface area contributed by atoms with E-state index in [1.165, 1.54) is 5.57 Å². The van der Waals surface area contributed by atoms with Gasteiger partial charge in [-0.05, 0) is 62.2 Å². The number of hydrogen-bond donors (Lipinski definition) is 1. The molecule has 4 aliphatic rings. The van der Waals surface area contributed by atoms with Crippen LogP contribution in [0.3, 0.4) is 0 Å². The summed E-state index contributed by atoms with van der Waals surface area (Å²) in [6, 6.07) is 0. The van der Waals surface area contributed by atoms with E-state index in [2.05, 4.69) is 19.8 Å². The number of fused-ring (bicyclic) bond motifs is 4.